The van der Waals surface area contributed by atoms with Crippen LogP contribution in [0.25, 0.3) is 11.3 Å². The van der Waals surface area contributed by atoms with Crippen molar-refractivity contribution < 1.29 is 4.84 Å². The third-order valence-corrected chi connectivity index (χ3v) is 2.79. The molecule has 100 valence electrons. The molecule has 0 bridgehead atoms. The van der Waals surface area contributed by atoms with E-state index >= 15 is 0 Å². The number of nitrogens with one attached hydrogen (secondary N) is 1. The molecule has 0 saturated heterocycles. The Morgan fingerprint density at radius 1 is 1.15 bits per heavy atom. The number of pyridine rings is 1. The molecule has 0 radical (unpaired) electrons. The largest absolute Gasteiger partial charge is 0.382 e. The van der Waals surface area contributed by atoms with Crippen LogP contribution >= 0.6 is 0 Å². The Labute approximate surface area is 116 Å². The number of benzene rings is 1. The van der Waals surface area contributed by atoms with Crippen molar-refractivity contribution in [3.63, 3.8) is 0 Å². The number of aromatic nitrogens is 3. The molecule has 2 aromatic heterocycles. The van der Waals surface area contributed by atoms with Gasteiger partial charge in [-0.3, -0.25) is 9.67 Å². The van der Waals surface area contributed by atoms with Gasteiger partial charge in [0, 0.05) is 37.1 Å². The first-order valence-electron chi connectivity index (χ1n) is 6.24. The molecule has 0 aliphatic carbocycles. The molecule has 1 aromatic carbocycles. The molecule has 3 rings (SSSR count). The van der Waals surface area contributed by atoms with Crippen molar-refractivity contribution in [1.29, 1.82) is 0 Å². The van der Waals surface area contributed by atoms with Crippen molar-refractivity contribution in [2.75, 3.05) is 5.48 Å². The molecular weight excluding hydrogens is 252 g/mol. The molecule has 0 amide bonds. The Balaban J connectivity index is 1.75. The molecule has 5 nitrogen and oxygen atoms in total. The fraction of sp³-hybridized carbons (Fsp3) is 0.0667. The number of rotatable bonds is 4. The maximum Gasteiger partial charge on any atom is 0.158 e. The maximum atomic E-state index is 5.54. The molecule has 0 aliphatic heterocycles. The number of nitrogens with zero attached hydrogens (tertiary/aromatic N) is 3. The Kier molecular flexibility index (Phi) is 3.33. The van der Waals surface area contributed by atoms with E-state index < -0.39 is 0 Å². The number of hydrogen-bond donors (Lipinski definition) is 1. The summed E-state index contributed by atoms with van der Waals surface area (Å²) >= 11 is 0. The molecule has 0 aliphatic rings. The highest BCUT2D eigenvalue weighted by Gasteiger charge is 2.04. The quantitative estimate of drug-likeness (QED) is 0.738. The van der Waals surface area contributed by atoms with Crippen molar-refractivity contribution in [2.45, 2.75) is 0 Å². The molecule has 1 N–H and O–H groups in total. The van der Waals surface area contributed by atoms with E-state index in [9.17, 15) is 0 Å². The van der Waals surface area contributed by atoms with Gasteiger partial charge in [-0.15, -0.1) is 0 Å². The predicted molar refractivity (Wildman–Crippen MR) is 77.1 cm³/mol. The lowest BCUT2D eigenvalue weighted by Crippen LogP contribution is -2.04. The Hall–Kier alpha value is -2.82. The summed E-state index contributed by atoms with van der Waals surface area (Å²) in [5, 5.41) is 4.14. The fourth-order valence-electron chi connectivity index (χ4n) is 1.81. The first-order chi connectivity index (χ1) is 9.81. The summed E-state index contributed by atoms with van der Waals surface area (Å²) in [5.41, 5.74) is 5.57. The van der Waals surface area contributed by atoms with E-state index in [2.05, 4.69) is 15.6 Å². The normalized spacial score (nSPS) is 10.2. The van der Waals surface area contributed by atoms with Gasteiger partial charge in [-0.25, -0.2) is 5.48 Å². The zero-order chi connectivity index (χ0) is 13.8. The summed E-state index contributed by atoms with van der Waals surface area (Å²) in [7, 11) is 1.88. The van der Waals surface area contributed by atoms with E-state index in [0.717, 1.165) is 16.9 Å². The van der Waals surface area contributed by atoms with Crippen LogP contribution in [0.1, 0.15) is 0 Å². The first-order valence-corrected chi connectivity index (χ1v) is 6.24. The topological polar surface area (TPSA) is 52.0 Å². The molecule has 20 heavy (non-hydrogen) atoms. The van der Waals surface area contributed by atoms with E-state index in [1.165, 1.54) is 0 Å². The van der Waals surface area contributed by atoms with E-state index in [1.807, 2.05) is 49.6 Å². The first kappa shape index (κ1) is 12.2. The summed E-state index contributed by atoms with van der Waals surface area (Å²) in [5.74, 6) is 0.697. The second-order valence-electron chi connectivity index (χ2n) is 4.35. The van der Waals surface area contributed by atoms with Crippen LogP contribution < -0.4 is 10.3 Å². The maximum absolute atomic E-state index is 5.54. The van der Waals surface area contributed by atoms with Crippen LogP contribution in [-0.4, -0.2) is 14.8 Å². The van der Waals surface area contributed by atoms with E-state index in [4.69, 9.17) is 4.84 Å². The fourth-order valence-corrected chi connectivity index (χ4v) is 1.81. The predicted octanol–water partition coefficient (Wildman–Crippen LogP) is 2.89. The molecule has 0 saturated carbocycles. The van der Waals surface area contributed by atoms with Crippen molar-refractivity contribution in [2.24, 2.45) is 7.05 Å². The number of para-hydroxylation sites is 1. The van der Waals surface area contributed by atoms with Crippen LogP contribution in [0.4, 0.5) is 5.69 Å². The highest BCUT2D eigenvalue weighted by Crippen LogP contribution is 2.21. The minimum Gasteiger partial charge on any atom is -0.382 e. The second-order valence-corrected chi connectivity index (χ2v) is 4.35. The Bertz CT molecular complexity index is 694. The minimum atomic E-state index is 0.697. The van der Waals surface area contributed by atoms with Crippen LogP contribution in [0, 0.1) is 0 Å². The van der Waals surface area contributed by atoms with Gasteiger partial charge in [0.25, 0.3) is 0 Å². The molecular formula is C15H14N4O. The van der Waals surface area contributed by atoms with E-state index in [-0.39, 0.29) is 0 Å². The molecule has 0 unspecified atom stereocenters. The summed E-state index contributed by atoms with van der Waals surface area (Å²) in [6.45, 7) is 0. The Morgan fingerprint density at radius 2 is 2.00 bits per heavy atom. The lowest BCUT2D eigenvalue weighted by atomic mass is 10.2. The van der Waals surface area contributed by atoms with Gasteiger partial charge in [-0.2, -0.15) is 5.10 Å². The average Bonchev–Trinajstić information content (AvgIpc) is 2.93. The summed E-state index contributed by atoms with van der Waals surface area (Å²) in [6.07, 6.45) is 5.40. The lowest BCUT2D eigenvalue weighted by Gasteiger charge is -2.08. The van der Waals surface area contributed by atoms with Crippen molar-refractivity contribution in [1.82, 2.24) is 14.8 Å². The van der Waals surface area contributed by atoms with Crippen molar-refractivity contribution in [3.8, 4) is 17.0 Å². The lowest BCUT2D eigenvalue weighted by molar-refractivity contribution is 0.405. The second kappa shape index (κ2) is 5.44. The molecule has 0 fully saturated rings. The number of anilines is 1. The molecule has 3 aromatic rings. The van der Waals surface area contributed by atoms with Gasteiger partial charge >= 0.3 is 0 Å². The highest BCUT2D eigenvalue weighted by molar-refractivity contribution is 5.58. The van der Waals surface area contributed by atoms with Crippen LogP contribution in [-0.2, 0) is 7.05 Å². The third kappa shape index (κ3) is 2.77. The van der Waals surface area contributed by atoms with Crippen molar-refractivity contribution >= 4 is 5.69 Å². The molecule has 0 atom stereocenters. The molecule has 2 heterocycles. The third-order valence-electron chi connectivity index (χ3n) is 2.79. The standard InChI is InChI=1S/C15H14N4O/c1-19-11-12(10-17-19)15-9-14(7-8-16-15)20-18-13-5-3-2-4-6-13/h2-11,18H,1H3. The summed E-state index contributed by atoms with van der Waals surface area (Å²) in [6, 6.07) is 13.4. The van der Waals surface area contributed by atoms with Crippen molar-refractivity contribution in [3.05, 3.63) is 61.1 Å². The van der Waals surface area contributed by atoms with Gasteiger partial charge in [0.05, 0.1) is 17.6 Å². The van der Waals surface area contributed by atoms with E-state index in [1.54, 1.807) is 23.1 Å². The average molecular weight is 266 g/mol. The molecule has 5 heteroatoms. The minimum absolute atomic E-state index is 0.697. The van der Waals surface area contributed by atoms with Gasteiger partial charge in [0.2, 0.25) is 0 Å². The van der Waals surface area contributed by atoms with Crippen LogP contribution in [0.15, 0.2) is 61.1 Å². The number of hydrogen-bond acceptors (Lipinski definition) is 4. The number of aryl methyl sites for hydroxylation is 1. The van der Waals surface area contributed by atoms with Crippen LogP contribution in [0.3, 0.4) is 0 Å². The summed E-state index contributed by atoms with van der Waals surface area (Å²) < 4.78 is 1.74. The van der Waals surface area contributed by atoms with Gasteiger partial charge in [-0.05, 0) is 12.1 Å². The zero-order valence-corrected chi connectivity index (χ0v) is 11.0. The van der Waals surface area contributed by atoms with Crippen LogP contribution in [0.2, 0.25) is 0 Å². The Morgan fingerprint density at radius 3 is 2.75 bits per heavy atom. The summed E-state index contributed by atoms with van der Waals surface area (Å²) in [4.78, 5) is 9.86. The van der Waals surface area contributed by atoms with Gasteiger partial charge in [-0.1, -0.05) is 18.2 Å². The van der Waals surface area contributed by atoms with Crippen LogP contribution in [0.5, 0.6) is 5.75 Å². The highest BCUT2D eigenvalue weighted by atomic mass is 16.6. The van der Waals surface area contributed by atoms with Gasteiger partial charge in [0.15, 0.2) is 5.75 Å². The monoisotopic (exact) mass is 266 g/mol. The SMILES string of the molecule is Cn1cc(-c2cc(ONc3ccccc3)ccn2)cn1. The van der Waals surface area contributed by atoms with Gasteiger partial charge < -0.3 is 4.84 Å². The zero-order valence-electron chi connectivity index (χ0n) is 11.0. The smallest absolute Gasteiger partial charge is 0.158 e. The van der Waals surface area contributed by atoms with Gasteiger partial charge in [0.1, 0.15) is 0 Å². The molecule has 0 spiro atoms. The van der Waals surface area contributed by atoms with E-state index in [0.29, 0.717) is 5.75 Å².